The Balaban J connectivity index is 2.68. The van der Waals surface area contributed by atoms with Crippen molar-refractivity contribution in [3.05, 3.63) is 29.8 Å². The van der Waals surface area contributed by atoms with Crippen molar-refractivity contribution in [2.75, 3.05) is 5.32 Å². The van der Waals surface area contributed by atoms with E-state index in [4.69, 9.17) is 12.2 Å². The van der Waals surface area contributed by atoms with Gasteiger partial charge in [-0.15, -0.1) is 0 Å². The summed E-state index contributed by atoms with van der Waals surface area (Å²) in [7, 11) is 0. The molecule has 0 unspecified atom stereocenters. The first-order valence-electron chi connectivity index (χ1n) is 5.40. The Morgan fingerprint density at radius 3 is 2.88 bits per heavy atom. The maximum Gasteiger partial charge on any atom is 0.191 e. The summed E-state index contributed by atoms with van der Waals surface area (Å²) in [6.45, 7) is 4.00. The van der Waals surface area contributed by atoms with Gasteiger partial charge in [0.05, 0.1) is 0 Å². The molecule has 4 heteroatoms. The van der Waals surface area contributed by atoms with Gasteiger partial charge in [-0.3, -0.25) is 5.43 Å². The van der Waals surface area contributed by atoms with Crippen molar-refractivity contribution >= 4 is 29.2 Å². The lowest BCUT2D eigenvalue weighted by molar-refractivity contribution is 0.923. The van der Waals surface area contributed by atoms with Gasteiger partial charge in [-0.1, -0.05) is 31.5 Å². The van der Waals surface area contributed by atoms with Crippen LogP contribution in [0.1, 0.15) is 25.8 Å². The van der Waals surface area contributed by atoms with Gasteiger partial charge in [0.1, 0.15) is 0 Å². The Bertz CT molecular complexity index is 374. The fourth-order valence-electron chi connectivity index (χ4n) is 1.40. The normalized spacial score (nSPS) is 10.4. The Hall–Kier alpha value is -1.42. The number of nitrogens with one attached hydrogen (secondary N) is 2. The summed E-state index contributed by atoms with van der Waals surface area (Å²) in [5.41, 5.74) is 5.06. The molecule has 0 radical (unpaired) electrons. The number of thiocarbonyl (C=S) groups is 1. The predicted molar refractivity (Wildman–Crippen MR) is 74.0 cm³/mol. The van der Waals surface area contributed by atoms with E-state index in [9.17, 15) is 0 Å². The molecule has 0 amide bonds. The molecule has 0 aliphatic carbocycles. The minimum absolute atomic E-state index is 0.515. The van der Waals surface area contributed by atoms with Crippen molar-refractivity contribution in [3.8, 4) is 0 Å². The first-order valence-corrected chi connectivity index (χ1v) is 5.81. The molecule has 16 heavy (non-hydrogen) atoms. The summed E-state index contributed by atoms with van der Waals surface area (Å²) in [5, 5.41) is 7.52. The Morgan fingerprint density at radius 2 is 2.19 bits per heavy atom. The molecular formula is C12H17N3S. The number of benzene rings is 1. The molecule has 1 aromatic carbocycles. The van der Waals surface area contributed by atoms with Crippen LogP contribution < -0.4 is 10.7 Å². The van der Waals surface area contributed by atoms with Crippen LogP contribution in [0.2, 0.25) is 0 Å². The highest BCUT2D eigenvalue weighted by Crippen LogP contribution is 2.16. The van der Waals surface area contributed by atoms with E-state index in [1.165, 1.54) is 5.56 Å². The fraction of sp³-hybridized carbons (Fsp3) is 0.333. The Morgan fingerprint density at radius 1 is 1.44 bits per heavy atom. The van der Waals surface area contributed by atoms with E-state index in [0.29, 0.717) is 5.11 Å². The maximum absolute atomic E-state index is 5.11. The zero-order valence-electron chi connectivity index (χ0n) is 9.66. The summed E-state index contributed by atoms with van der Waals surface area (Å²) in [5.74, 6) is 0. The van der Waals surface area contributed by atoms with Gasteiger partial charge >= 0.3 is 0 Å². The molecule has 0 fully saturated rings. The largest absolute Gasteiger partial charge is 0.331 e. The molecule has 0 aliphatic heterocycles. The summed E-state index contributed by atoms with van der Waals surface area (Å²) in [6.07, 6.45) is 3.82. The summed E-state index contributed by atoms with van der Waals surface area (Å²) in [6, 6.07) is 8.16. The molecule has 0 bridgehead atoms. The number of aryl methyl sites for hydroxylation is 1. The van der Waals surface area contributed by atoms with Gasteiger partial charge < -0.3 is 5.32 Å². The van der Waals surface area contributed by atoms with Crippen molar-refractivity contribution in [2.24, 2.45) is 5.10 Å². The molecule has 0 heterocycles. The molecule has 0 spiro atoms. The van der Waals surface area contributed by atoms with Crippen molar-refractivity contribution in [1.82, 2.24) is 5.43 Å². The lowest BCUT2D eigenvalue weighted by Crippen LogP contribution is -2.24. The fourth-order valence-corrected chi connectivity index (χ4v) is 1.57. The summed E-state index contributed by atoms with van der Waals surface area (Å²) >= 11 is 5.11. The molecule has 3 nitrogen and oxygen atoms in total. The number of hydrogen-bond acceptors (Lipinski definition) is 2. The topological polar surface area (TPSA) is 36.4 Å². The van der Waals surface area contributed by atoms with E-state index in [0.717, 1.165) is 18.5 Å². The number of nitrogens with zero attached hydrogens (tertiary/aromatic N) is 1. The molecule has 1 aromatic rings. The van der Waals surface area contributed by atoms with E-state index in [1.807, 2.05) is 25.1 Å². The van der Waals surface area contributed by atoms with Crippen molar-refractivity contribution < 1.29 is 0 Å². The van der Waals surface area contributed by atoms with Gasteiger partial charge in [0.25, 0.3) is 0 Å². The SMILES string of the molecule is C/C=N/NC(=S)Nc1ccccc1CCC. The Labute approximate surface area is 102 Å². The highest BCUT2D eigenvalue weighted by Gasteiger charge is 2.01. The molecule has 0 aromatic heterocycles. The second-order valence-electron chi connectivity index (χ2n) is 3.36. The second kappa shape index (κ2) is 6.95. The van der Waals surface area contributed by atoms with Crippen molar-refractivity contribution in [1.29, 1.82) is 0 Å². The first kappa shape index (κ1) is 12.6. The highest BCUT2D eigenvalue weighted by atomic mass is 32.1. The maximum atomic E-state index is 5.11. The molecular weight excluding hydrogens is 218 g/mol. The van der Waals surface area contributed by atoms with Crippen LogP contribution in [0.15, 0.2) is 29.4 Å². The van der Waals surface area contributed by atoms with Crippen LogP contribution in [0.5, 0.6) is 0 Å². The number of rotatable bonds is 4. The first-order chi connectivity index (χ1) is 7.77. The second-order valence-corrected chi connectivity index (χ2v) is 3.77. The average Bonchev–Trinajstić information content (AvgIpc) is 2.29. The van der Waals surface area contributed by atoms with E-state index in [1.54, 1.807) is 6.21 Å². The molecule has 0 saturated heterocycles. The number of hydrogen-bond donors (Lipinski definition) is 2. The van der Waals surface area contributed by atoms with Crippen molar-refractivity contribution in [2.45, 2.75) is 26.7 Å². The zero-order valence-corrected chi connectivity index (χ0v) is 10.5. The van der Waals surface area contributed by atoms with E-state index in [-0.39, 0.29) is 0 Å². The standard InChI is InChI=1S/C12H17N3S/c1-3-7-10-8-5-6-9-11(10)14-12(16)15-13-4-2/h4-6,8-9H,3,7H2,1-2H3,(H2,14,15,16)/b13-4+. The van der Waals surface area contributed by atoms with Gasteiger partial charge in [0.2, 0.25) is 0 Å². The quantitative estimate of drug-likeness (QED) is 0.478. The van der Waals surface area contributed by atoms with Gasteiger partial charge in [-0.25, -0.2) is 0 Å². The van der Waals surface area contributed by atoms with Gasteiger partial charge in [0.15, 0.2) is 5.11 Å². The van der Waals surface area contributed by atoms with Crippen LogP contribution in [-0.2, 0) is 6.42 Å². The Kier molecular flexibility index (Phi) is 5.50. The number of hydrazone groups is 1. The third-order valence-corrected chi connectivity index (χ3v) is 2.27. The molecule has 0 aliphatic rings. The number of para-hydroxylation sites is 1. The lowest BCUT2D eigenvalue weighted by atomic mass is 10.1. The highest BCUT2D eigenvalue weighted by molar-refractivity contribution is 7.80. The molecule has 0 saturated carbocycles. The predicted octanol–water partition coefficient (Wildman–Crippen LogP) is 2.93. The molecule has 2 N–H and O–H groups in total. The number of anilines is 1. The summed E-state index contributed by atoms with van der Waals surface area (Å²) < 4.78 is 0. The average molecular weight is 235 g/mol. The van der Waals surface area contributed by atoms with Crippen molar-refractivity contribution in [3.63, 3.8) is 0 Å². The monoisotopic (exact) mass is 235 g/mol. The van der Waals surface area contributed by atoms with E-state index < -0.39 is 0 Å². The van der Waals surface area contributed by atoms with Gasteiger partial charge in [-0.05, 0) is 37.2 Å². The smallest absolute Gasteiger partial charge is 0.191 e. The van der Waals surface area contributed by atoms with Crippen LogP contribution in [0, 0.1) is 0 Å². The molecule has 0 atom stereocenters. The van der Waals surface area contributed by atoms with Crippen LogP contribution in [0.25, 0.3) is 0 Å². The minimum Gasteiger partial charge on any atom is -0.331 e. The van der Waals surface area contributed by atoms with Gasteiger partial charge in [0, 0.05) is 11.9 Å². The van der Waals surface area contributed by atoms with Gasteiger partial charge in [-0.2, -0.15) is 5.10 Å². The minimum atomic E-state index is 0.515. The molecule has 1 rings (SSSR count). The van der Waals surface area contributed by atoms with Crippen LogP contribution in [0.4, 0.5) is 5.69 Å². The van der Waals surface area contributed by atoms with Crippen LogP contribution >= 0.6 is 12.2 Å². The third-order valence-electron chi connectivity index (χ3n) is 2.08. The molecule has 86 valence electrons. The van der Waals surface area contributed by atoms with Crippen LogP contribution in [0.3, 0.4) is 0 Å². The van der Waals surface area contributed by atoms with Crippen LogP contribution in [-0.4, -0.2) is 11.3 Å². The van der Waals surface area contributed by atoms with E-state index >= 15 is 0 Å². The zero-order chi connectivity index (χ0) is 11.8. The lowest BCUT2D eigenvalue weighted by Gasteiger charge is -2.11. The van der Waals surface area contributed by atoms with E-state index in [2.05, 4.69) is 28.8 Å². The summed E-state index contributed by atoms with van der Waals surface area (Å²) in [4.78, 5) is 0. The third kappa shape index (κ3) is 3.98.